The van der Waals surface area contributed by atoms with Crippen LogP contribution in [0, 0.1) is 0 Å². The van der Waals surface area contributed by atoms with Gasteiger partial charge in [0, 0.05) is 11.1 Å². The molecule has 0 radical (unpaired) electrons. The summed E-state index contributed by atoms with van der Waals surface area (Å²) in [5.74, 6) is 1.82. The minimum absolute atomic E-state index is 0.0951. The largest absolute Gasteiger partial charge is 0.489 e. The molecule has 0 spiro atoms. The molecule has 2 nitrogen and oxygen atoms in total. The fourth-order valence-corrected chi connectivity index (χ4v) is 3.79. The maximum Gasteiger partial charge on any atom is 0.124 e. The Morgan fingerprint density at radius 2 is 0.912 bits per heavy atom. The van der Waals surface area contributed by atoms with Crippen LogP contribution in [0.5, 0.6) is 11.5 Å². The Bertz CT molecular complexity index is 1030. The number of hydrogen-bond donors (Lipinski definition) is 0. The van der Waals surface area contributed by atoms with Crippen LogP contribution in [0.1, 0.15) is 74.9 Å². The van der Waals surface area contributed by atoms with E-state index in [0.29, 0.717) is 13.2 Å². The van der Waals surface area contributed by atoms with Gasteiger partial charge in [0.2, 0.25) is 0 Å². The van der Waals surface area contributed by atoms with Crippen LogP contribution in [0.4, 0.5) is 0 Å². The Hall–Kier alpha value is -3.26. The quantitative estimate of drug-likeness (QED) is 0.339. The van der Waals surface area contributed by atoms with Crippen LogP contribution in [0.2, 0.25) is 0 Å². The molecule has 0 atom stereocenters. The van der Waals surface area contributed by atoms with Gasteiger partial charge in [0.15, 0.2) is 0 Å². The number of ether oxygens (including phenoxy) is 2. The van der Waals surface area contributed by atoms with Gasteiger partial charge in [-0.2, -0.15) is 0 Å². The highest BCUT2D eigenvalue weighted by Crippen LogP contribution is 2.41. The Kier molecular flexibility index (Phi) is 7.71. The lowest BCUT2D eigenvalue weighted by Gasteiger charge is -2.29. The van der Waals surface area contributed by atoms with Crippen molar-refractivity contribution in [3.8, 4) is 11.5 Å². The molecular weight excluding hydrogens is 416 g/mol. The summed E-state index contributed by atoms with van der Waals surface area (Å²) < 4.78 is 12.8. The van der Waals surface area contributed by atoms with Crippen molar-refractivity contribution in [1.29, 1.82) is 0 Å². The standard InChI is InChI=1S/C32H38O2/c1-9-23-11-15-25(16-12-23)21-33-29-19-28(32(6,7)8)30(20-27(29)31(3,4)5)34-22-26-17-13-24(10-2)14-18-26/h9-20H,1-2,21-22H2,3-8H3. The van der Waals surface area contributed by atoms with Gasteiger partial charge in [0.05, 0.1) is 0 Å². The lowest BCUT2D eigenvalue weighted by Crippen LogP contribution is -2.18. The molecule has 0 unspecified atom stereocenters. The van der Waals surface area contributed by atoms with Crippen molar-refractivity contribution in [3.63, 3.8) is 0 Å². The van der Waals surface area contributed by atoms with Crippen molar-refractivity contribution in [2.75, 3.05) is 0 Å². The molecule has 0 aliphatic heterocycles. The van der Waals surface area contributed by atoms with Gasteiger partial charge in [-0.3, -0.25) is 0 Å². The van der Waals surface area contributed by atoms with Crippen molar-refractivity contribution in [2.45, 2.75) is 65.6 Å². The normalized spacial score (nSPS) is 11.7. The van der Waals surface area contributed by atoms with E-state index in [1.165, 1.54) is 0 Å². The Morgan fingerprint density at radius 3 is 1.18 bits per heavy atom. The molecule has 2 heteroatoms. The third kappa shape index (κ3) is 6.41. The highest BCUT2D eigenvalue weighted by atomic mass is 16.5. The van der Waals surface area contributed by atoms with Crippen molar-refractivity contribution >= 4 is 12.2 Å². The average molecular weight is 455 g/mol. The Labute approximate surface area is 206 Å². The van der Waals surface area contributed by atoms with Crippen LogP contribution < -0.4 is 9.47 Å². The topological polar surface area (TPSA) is 18.5 Å². The van der Waals surface area contributed by atoms with Crippen LogP contribution in [-0.2, 0) is 24.0 Å². The van der Waals surface area contributed by atoms with Crippen molar-refractivity contribution in [1.82, 2.24) is 0 Å². The van der Waals surface area contributed by atoms with Gasteiger partial charge in [-0.25, -0.2) is 0 Å². The second-order valence-electron chi connectivity index (χ2n) is 10.8. The van der Waals surface area contributed by atoms with E-state index in [0.717, 1.165) is 44.9 Å². The van der Waals surface area contributed by atoms with Crippen molar-refractivity contribution < 1.29 is 9.47 Å². The summed E-state index contributed by atoms with van der Waals surface area (Å²) in [7, 11) is 0. The van der Waals surface area contributed by atoms with Crippen molar-refractivity contribution in [3.05, 3.63) is 107 Å². The molecule has 0 fully saturated rings. The summed E-state index contributed by atoms with van der Waals surface area (Å²) in [6.45, 7) is 22.0. The predicted molar refractivity (Wildman–Crippen MR) is 146 cm³/mol. The Balaban J connectivity index is 1.93. The molecule has 178 valence electrons. The fourth-order valence-electron chi connectivity index (χ4n) is 3.79. The smallest absolute Gasteiger partial charge is 0.124 e. The molecule has 0 aromatic heterocycles. The number of rotatable bonds is 8. The molecule has 3 aromatic rings. The molecule has 0 N–H and O–H groups in total. The van der Waals surface area contributed by atoms with E-state index < -0.39 is 0 Å². The van der Waals surface area contributed by atoms with Gasteiger partial charge in [-0.1, -0.05) is 115 Å². The highest BCUT2D eigenvalue weighted by Gasteiger charge is 2.27. The van der Waals surface area contributed by atoms with Crippen LogP contribution in [0.25, 0.3) is 12.2 Å². The molecule has 0 amide bonds. The summed E-state index contributed by atoms with van der Waals surface area (Å²) in [5.41, 5.74) is 6.56. The first-order valence-electron chi connectivity index (χ1n) is 11.9. The predicted octanol–water partition coefficient (Wildman–Crippen LogP) is 8.73. The van der Waals surface area contributed by atoms with Crippen LogP contribution in [0.15, 0.2) is 73.8 Å². The van der Waals surface area contributed by atoms with E-state index in [1.54, 1.807) is 0 Å². The molecule has 0 saturated carbocycles. The van der Waals surface area contributed by atoms with Gasteiger partial charge >= 0.3 is 0 Å². The average Bonchev–Trinajstić information content (AvgIpc) is 2.80. The van der Waals surface area contributed by atoms with Gasteiger partial charge in [-0.05, 0) is 45.2 Å². The zero-order valence-corrected chi connectivity index (χ0v) is 21.6. The zero-order chi connectivity index (χ0) is 24.9. The summed E-state index contributed by atoms with van der Waals surface area (Å²) in [6.07, 6.45) is 3.70. The highest BCUT2D eigenvalue weighted by molar-refractivity contribution is 5.52. The van der Waals surface area contributed by atoms with E-state index in [2.05, 4.69) is 115 Å². The van der Waals surface area contributed by atoms with E-state index in [4.69, 9.17) is 9.47 Å². The molecule has 0 bridgehead atoms. The lowest BCUT2D eigenvalue weighted by atomic mass is 9.81. The number of benzene rings is 3. The summed E-state index contributed by atoms with van der Waals surface area (Å²) in [5, 5.41) is 0. The monoisotopic (exact) mass is 454 g/mol. The lowest BCUT2D eigenvalue weighted by molar-refractivity contribution is 0.283. The molecular formula is C32H38O2. The molecule has 0 aliphatic carbocycles. The van der Waals surface area contributed by atoms with E-state index >= 15 is 0 Å². The van der Waals surface area contributed by atoms with E-state index in [-0.39, 0.29) is 10.8 Å². The zero-order valence-electron chi connectivity index (χ0n) is 21.6. The maximum absolute atomic E-state index is 6.41. The second kappa shape index (κ2) is 10.3. The SMILES string of the molecule is C=Cc1ccc(COc2cc(C(C)(C)C)c(OCc3ccc(C=C)cc3)cc2C(C)(C)C)cc1. The van der Waals surface area contributed by atoms with E-state index in [9.17, 15) is 0 Å². The first-order chi connectivity index (χ1) is 16.0. The van der Waals surface area contributed by atoms with Gasteiger partial charge in [0.25, 0.3) is 0 Å². The molecule has 0 heterocycles. The van der Waals surface area contributed by atoms with Crippen molar-refractivity contribution in [2.24, 2.45) is 0 Å². The Morgan fingerprint density at radius 1 is 0.588 bits per heavy atom. The summed E-state index contributed by atoms with van der Waals surface area (Å²) in [4.78, 5) is 0. The van der Waals surface area contributed by atoms with Gasteiger partial charge in [0.1, 0.15) is 24.7 Å². The number of hydrogen-bond acceptors (Lipinski definition) is 2. The minimum Gasteiger partial charge on any atom is -0.489 e. The second-order valence-corrected chi connectivity index (χ2v) is 10.8. The summed E-state index contributed by atoms with van der Waals surface area (Å²) >= 11 is 0. The fraction of sp³-hybridized carbons (Fsp3) is 0.312. The molecule has 0 saturated heterocycles. The third-order valence-electron chi connectivity index (χ3n) is 5.92. The molecule has 3 rings (SSSR count). The molecule has 34 heavy (non-hydrogen) atoms. The molecule has 0 aliphatic rings. The van der Waals surface area contributed by atoms with Crippen LogP contribution in [0.3, 0.4) is 0 Å². The van der Waals surface area contributed by atoms with Crippen LogP contribution in [-0.4, -0.2) is 0 Å². The van der Waals surface area contributed by atoms with Gasteiger partial charge in [-0.15, -0.1) is 0 Å². The van der Waals surface area contributed by atoms with Crippen LogP contribution >= 0.6 is 0 Å². The minimum atomic E-state index is -0.0951. The maximum atomic E-state index is 6.41. The van der Waals surface area contributed by atoms with Gasteiger partial charge < -0.3 is 9.47 Å². The third-order valence-corrected chi connectivity index (χ3v) is 5.92. The molecule has 3 aromatic carbocycles. The first-order valence-corrected chi connectivity index (χ1v) is 11.9. The van der Waals surface area contributed by atoms with E-state index in [1.807, 2.05) is 12.2 Å². The first kappa shape index (κ1) is 25.4. The summed E-state index contributed by atoms with van der Waals surface area (Å²) in [6, 6.07) is 21.0.